The van der Waals surface area contributed by atoms with Crippen molar-refractivity contribution in [1.29, 1.82) is 5.26 Å². The molecule has 0 radical (unpaired) electrons. The number of piperidine rings is 1. The number of anilines is 1. The fourth-order valence-corrected chi connectivity index (χ4v) is 5.48. The lowest BCUT2D eigenvalue weighted by molar-refractivity contribution is -0.138. The molecule has 1 atom stereocenters. The van der Waals surface area contributed by atoms with Gasteiger partial charge >= 0.3 is 6.18 Å². The first-order valence-corrected chi connectivity index (χ1v) is 11.1. The van der Waals surface area contributed by atoms with Gasteiger partial charge < -0.3 is 14.7 Å². The standard InChI is InChI=1S/C23H27F3N4O2/c1-16(31)30-14-20(21(32)29-8-2-3-9-29)22(15-30)6-10-28(11-7-22)18-5-4-17(13-27)19(12-18)23(24,25)26/h4-5,12,20H,2-3,6-11,14-15H2,1H3. The number of amides is 2. The van der Waals surface area contributed by atoms with Crippen molar-refractivity contribution >= 4 is 17.5 Å². The molecule has 3 saturated heterocycles. The van der Waals surface area contributed by atoms with Gasteiger partial charge in [0.15, 0.2) is 0 Å². The zero-order valence-corrected chi connectivity index (χ0v) is 18.1. The second-order valence-electron chi connectivity index (χ2n) is 9.17. The molecule has 0 bridgehead atoms. The Kier molecular flexibility index (Phi) is 5.82. The third-order valence-corrected chi connectivity index (χ3v) is 7.36. The lowest BCUT2D eigenvalue weighted by Gasteiger charge is -2.43. The van der Waals surface area contributed by atoms with E-state index in [1.54, 1.807) is 17.0 Å². The zero-order valence-electron chi connectivity index (χ0n) is 18.1. The summed E-state index contributed by atoms with van der Waals surface area (Å²) in [6.45, 7) is 4.95. The van der Waals surface area contributed by atoms with Crippen LogP contribution in [-0.2, 0) is 15.8 Å². The van der Waals surface area contributed by atoms with Crippen molar-refractivity contribution in [3.63, 3.8) is 0 Å². The number of hydrogen-bond donors (Lipinski definition) is 0. The zero-order chi connectivity index (χ0) is 23.1. The fourth-order valence-electron chi connectivity index (χ4n) is 5.48. The fraction of sp³-hybridized carbons (Fsp3) is 0.609. The highest BCUT2D eigenvalue weighted by Gasteiger charge is 2.53. The molecular formula is C23H27F3N4O2. The maximum absolute atomic E-state index is 13.4. The Morgan fingerprint density at radius 3 is 2.31 bits per heavy atom. The van der Waals surface area contributed by atoms with Gasteiger partial charge in [0.05, 0.1) is 23.1 Å². The summed E-state index contributed by atoms with van der Waals surface area (Å²) in [5.41, 5.74) is -1.24. The number of rotatable bonds is 2. The molecule has 1 aromatic carbocycles. The molecule has 3 aliphatic rings. The van der Waals surface area contributed by atoms with Gasteiger partial charge in [-0.25, -0.2) is 0 Å². The Bertz CT molecular complexity index is 942. The van der Waals surface area contributed by atoms with Crippen LogP contribution in [0.25, 0.3) is 0 Å². The first-order chi connectivity index (χ1) is 15.1. The first kappa shape index (κ1) is 22.4. The van der Waals surface area contributed by atoms with E-state index in [0.29, 0.717) is 44.7 Å². The van der Waals surface area contributed by atoms with Crippen LogP contribution < -0.4 is 4.90 Å². The number of hydrogen-bond acceptors (Lipinski definition) is 4. The molecular weight excluding hydrogens is 421 g/mol. The minimum absolute atomic E-state index is 0.0505. The molecule has 172 valence electrons. The van der Waals surface area contributed by atoms with E-state index >= 15 is 0 Å². The van der Waals surface area contributed by atoms with E-state index in [-0.39, 0.29) is 28.7 Å². The summed E-state index contributed by atoms with van der Waals surface area (Å²) in [7, 11) is 0. The van der Waals surface area contributed by atoms with Crippen LogP contribution in [0.15, 0.2) is 18.2 Å². The molecule has 4 rings (SSSR count). The third-order valence-electron chi connectivity index (χ3n) is 7.36. The molecule has 0 aliphatic carbocycles. The Labute approximate surface area is 185 Å². The predicted molar refractivity (Wildman–Crippen MR) is 112 cm³/mol. The summed E-state index contributed by atoms with van der Waals surface area (Å²) in [5.74, 6) is -0.207. The Balaban J connectivity index is 1.55. The SMILES string of the molecule is CC(=O)N1CC(C(=O)N2CCCC2)C2(CCN(c3ccc(C#N)c(C(F)(F)F)c3)CC2)C1. The van der Waals surface area contributed by atoms with Gasteiger partial charge in [0.2, 0.25) is 11.8 Å². The summed E-state index contributed by atoms with van der Waals surface area (Å²) in [4.78, 5) is 30.9. The Morgan fingerprint density at radius 1 is 1.09 bits per heavy atom. The van der Waals surface area contributed by atoms with Crippen molar-refractivity contribution in [3.8, 4) is 6.07 Å². The van der Waals surface area contributed by atoms with Gasteiger partial charge in [0.25, 0.3) is 0 Å². The largest absolute Gasteiger partial charge is 0.417 e. The maximum atomic E-state index is 13.4. The number of nitriles is 1. The van der Waals surface area contributed by atoms with E-state index in [1.165, 1.54) is 13.0 Å². The van der Waals surface area contributed by atoms with E-state index in [2.05, 4.69) is 0 Å². The van der Waals surface area contributed by atoms with Crippen molar-refractivity contribution in [2.45, 2.75) is 38.8 Å². The molecule has 2 amide bonds. The monoisotopic (exact) mass is 448 g/mol. The summed E-state index contributed by atoms with van der Waals surface area (Å²) in [6.07, 6.45) is -1.35. The van der Waals surface area contributed by atoms with Crippen LogP contribution in [0.5, 0.6) is 0 Å². The molecule has 1 aromatic rings. The van der Waals surface area contributed by atoms with Gasteiger partial charge in [0.1, 0.15) is 0 Å². The number of carbonyl (C=O) groups excluding carboxylic acids is 2. The minimum Gasteiger partial charge on any atom is -0.371 e. The molecule has 1 spiro atoms. The molecule has 32 heavy (non-hydrogen) atoms. The van der Waals surface area contributed by atoms with E-state index in [4.69, 9.17) is 5.26 Å². The number of halogens is 3. The molecule has 0 N–H and O–H groups in total. The van der Waals surface area contributed by atoms with Crippen LogP contribution in [0.3, 0.4) is 0 Å². The lowest BCUT2D eigenvalue weighted by Crippen LogP contribution is -2.49. The van der Waals surface area contributed by atoms with Crippen molar-refractivity contribution in [2.75, 3.05) is 44.2 Å². The molecule has 9 heteroatoms. The van der Waals surface area contributed by atoms with Crippen molar-refractivity contribution in [3.05, 3.63) is 29.3 Å². The molecule has 1 unspecified atom stereocenters. The summed E-state index contributed by atoms with van der Waals surface area (Å²) >= 11 is 0. The predicted octanol–water partition coefficient (Wildman–Crippen LogP) is 3.26. The summed E-state index contributed by atoms with van der Waals surface area (Å²) in [6, 6.07) is 5.42. The van der Waals surface area contributed by atoms with Crippen molar-refractivity contribution in [1.82, 2.24) is 9.80 Å². The molecule has 3 fully saturated rings. The van der Waals surface area contributed by atoms with E-state index in [1.807, 2.05) is 9.80 Å². The van der Waals surface area contributed by atoms with Gasteiger partial charge in [-0.2, -0.15) is 18.4 Å². The molecule has 3 aliphatic heterocycles. The second kappa shape index (κ2) is 8.30. The van der Waals surface area contributed by atoms with Gasteiger partial charge in [-0.15, -0.1) is 0 Å². The van der Waals surface area contributed by atoms with Gasteiger partial charge in [-0.1, -0.05) is 0 Å². The first-order valence-electron chi connectivity index (χ1n) is 11.1. The van der Waals surface area contributed by atoms with Crippen molar-refractivity contribution < 1.29 is 22.8 Å². The normalized spacial score (nSPS) is 23.0. The number of nitrogens with zero attached hydrogens (tertiary/aromatic N) is 4. The number of likely N-dealkylation sites (tertiary alicyclic amines) is 2. The average molecular weight is 448 g/mol. The molecule has 0 saturated carbocycles. The van der Waals surface area contributed by atoms with Gasteiger partial charge in [-0.3, -0.25) is 9.59 Å². The van der Waals surface area contributed by atoms with E-state index in [9.17, 15) is 22.8 Å². The minimum atomic E-state index is -4.60. The van der Waals surface area contributed by atoms with Crippen LogP contribution in [-0.4, -0.2) is 60.9 Å². The van der Waals surface area contributed by atoms with Crippen LogP contribution >= 0.6 is 0 Å². The highest BCUT2D eigenvalue weighted by Crippen LogP contribution is 2.47. The summed E-state index contributed by atoms with van der Waals surface area (Å²) in [5, 5.41) is 9.03. The number of carbonyl (C=O) groups is 2. The highest BCUT2D eigenvalue weighted by atomic mass is 19.4. The quantitative estimate of drug-likeness (QED) is 0.697. The number of benzene rings is 1. The lowest BCUT2D eigenvalue weighted by atomic mass is 9.70. The maximum Gasteiger partial charge on any atom is 0.417 e. The third kappa shape index (κ3) is 4.03. The van der Waals surface area contributed by atoms with Crippen LogP contribution in [0.4, 0.5) is 18.9 Å². The van der Waals surface area contributed by atoms with Crippen LogP contribution in [0, 0.1) is 22.7 Å². The molecule has 0 aromatic heterocycles. The Hall–Kier alpha value is -2.76. The Morgan fingerprint density at radius 2 is 1.75 bits per heavy atom. The molecule has 6 nitrogen and oxygen atoms in total. The number of alkyl halides is 3. The van der Waals surface area contributed by atoms with Crippen LogP contribution in [0.1, 0.15) is 43.7 Å². The topological polar surface area (TPSA) is 67.7 Å². The highest BCUT2D eigenvalue weighted by molar-refractivity contribution is 5.83. The molecule has 3 heterocycles. The van der Waals surface area contributed by atoms with Gasteiger partial charge in [-0.05, 0) is 43.9 Å². The smallest absolute Gasteiger partial charge is 0.371 e. The second-order valence-corrected chi connectivity index (χ2v) is 9.17. The average Bonchev–Trinajstić information content (AvgIpc) is 3.42. The van der Waals surface area contributed by atoms with E-state index < -0.39 is 11.7 Å². The van der Waals surface area contributed by atoms with Gasteiger partial charge in [0, 0.05) is 57.3 Å². The van der Waals surface area contributed by atoms with E-state index in [0.717, 1.165) is 32.0 Å². The summed E-state index contributed by atoms with van der Waals surface area (Å²) < 4.78 is 40.1. The van der Waals surface area contributed by atoms with Crippen molar-refractivity contribution in [2.24, 2.45) is 11.3 Å². The van der Waals surface area contributed by atoms with Crippen LogP contribution in [0.2, 0.25) is 0 Å².